The molecule has 136 heavy (non-hydrogen) atoms. The van der Waals surface area contributed by atoms with Crippen LogP contribution < -0.4 is 96.0 Å². The number of fused-ring (bicyclic) bond motifs is 1. The number of aromatic nitrogens is 2. The second kappa shape index (κ2) is 60.5. The number of nitrogens with one attached hydrogen (secondary N) is 10. The molecule has 4 fully saturated rings. The number of nitro benzene ring substituents is 2. The second-order valence-corrected chi connectivity index (χ2v) is 38.1. The van der Waals surface area contributed by atoms with E-state index in [2.05, 4.69) is 102 Å². The zero-order valence-corrected chi connectivity index (χ0v) is 88.4. The first-order chi connectivity index (χ1) is 64.0. The summed E-state index contributed by atoms with van der Waals surface area (Å²) in [5.41, 5.74) is 15.2. The summed E-state index contributed by atoms with van der Waals surface area (Å²) in [5.74, 6) is 3.07. The number of thioether (sulfide) groups is 1. The SMILES string of the molecule is C.CC(C)(C)OC(=O)NCc1ccc(Cl)c(SC#N)c1Cl.CC1CCNCC1.CCCNC(=O)c1cc(N)c(NC)cc1N1CCC(C)CC1.CCCNC(=O)c1cc([N+](=O)[O-])c(NC)cc1Cl.CCCNC(=O)c1cc([N+](=O)[O-])c(NC)cc1N1CCC(C)CC1.CCCNC(=O)c1cc2nc(Cc3c(Cl)ccc(CNC(=O)OC(C)(C)C)c3Cl)n(C)c2cc1N1CCC(C)CC1.[2H][I-]C.[B]. The number of nitro groups is 2. The summed E-state index contributed by atoms with van der Waals surface area (Å²) in [6, 6.07) is 20.4. The third-order valence-corrected chi connectivity index (χ3v) is 25.1. The molecule has 4 aliphatic rings. The minimum atomic E-state index is -0.595. The van der Waals surface area contributed by atoms with E-state index in [4.69, 9.17) is 84.1 Å². The fourth-order valence-corrected chi connectivity index (χ4v) is 16.5. The van der Waals surface area contributed by atoms with Gasteiger partial charge in [-0.25, -0.2) is 14.6 Å². The molecular formula is C97H144BCl5IN19O12S-. The Morgan fingerprint density at radius 3 is 1.29 bits per heavy atom. The Bertz CT molecular complexity index is 5140. The van der Waals surface area contributed by atoms with Crippen LogP contribution in [0.15, 0.2) is 77.7 Å². The molecule has 4 saturated heterocycles. The number of hydrogen-bond acceptors (Lipinski definition) is 23. The first-order valence-electron chi connectivity index (χ1n) is 46.1. The number of halogens is 6. The molecule has 0 unspecified atom stereocenters. The monoisotopic (exact) mass is 2110 g/mol. The molecule has 12 N–H and O–H groups in total. The number of nitrogen functional groups attached to an aromatic ring is 1. The average Bonchev–Trinajstić information content (AvgIpc) is 1.62. The number of carbonyl (C=O) groups is 6. The molecule has 5 heterocycles. The maximum absolute atomic E-state index is 13.2. The number of nitrogens with zero attached hydrogens (tertiary/aromatic N) is 8. The van der Waals surface area contributed by atoms with Gasteiger partial charge in [0.1, 0.15) is 33.8 Å². The van der Waals surface area contributed by atoms with Crippen molar-refractivity contribution < 1.29 is 70.5 Å². The third kappa shape index (κ3) is 38.1. The number of carbonyl (C=O) groups excluding carboxylic acids is 6. The van der Waals surface area contributed by atoms with E-state index in [1.54, 1.807) is 71.3 Å². The Balaban J connectivity index is 0.000000442. The normalized spacial score (nSPS) is 13.9. The van der Waals surface area contributed by atoms with Crippen molar-refractivity contribution in [3.05, 3.63) is 163 Å². The van der Waals surface area contributed by atoms with Crippen LogP contribution in [0.4, 0.5) is 60.8 Å². The maximum atomic E-state index is 13.2. The predicted molar refractivity (Wildman–Crippen MR) is 558 cm³/mol. The first kappa shape index (κ1) is 119. The number of benzene rings is 6. The second-order valence-electron chi connectivity index (χ2n) is 35.3. The molecule has 4 aliphatic heterocycles. The van der Waals surface area contributed by atoms with Crippen molar-refractivity contribution in [2.75, 3.05) is 141 Å². The Kier molecular flexibility index (Phi) is 52.9. The minimum absolute atomic E-state index is 0. The van der Waals surface area contributed by atoms with Gasteiger partial charge >= 0.3 is 40.1 Å². The van der Waals surface area contributed by atoms with Crippen molar-refractivity contribution in [3.63, 3.8) is 0 Å². The fraction of sp³-hybridized carbons (Fsp3) is 0.546. The molecule has 7 aromatic rings. The van der Waals surface area contributed by atoms with Gasteiger partial charge in [-0.2, -0.15) is 5.26 Å². The molecule has 31 nitrogen and oxygen atoms in total. The zero-order chi connectivity index (χ0) is 101. The van der Waals surface area contributed by atoms with Gasteiger partial charge in [-0.15, -0.1) is 0 Å². The summed E-state index contributed by atoms with van der Waals surface area (Å²) in [5, 5.41) is 63.6. The molecule has 6 aromatic carbocycles. The zero-order valence-electron chi connectivity index (χ0n) is 82.6. The molecule has 0 atom stereocenters. The van der Waals surface area contributed by atoms with Crippen molar-refractivity contribution in [3.8, 4) is 5.40 Å². The number of anilines is 7. The summed E-state index contributed by atoms with van der Waals surface area (Å²) in [4.78, 5) is 109. The number of imidazole rings is 1. The number of rotatable bonds is 27. The Morgan fingerprint density at radius 1 is 0.551 bits per heavy atom. The van der Waals surface area contributed by atoms with Crippen LogP contribution in [-0.4, -0.2) is 180 Å². The van der Waals surface area contributed by atoms with E-state index >= 15 is 0 Å². The van der Waals surface area contributed by atoms with E-state index in [0.29, 0.717) is 103 Å². The van der Waals surface area contributed by atoms with Gasteiger partial charge in [0.25, 0.3) is 35.0 Å². The number of piperidine rings is 4. The molecule has 0 bridgehead atoms. The Hall–Kier alpha value is -9.35. The maximum Gasteiger partial charge on any atom is 0 e. The van der Waals surface area contributed by atoms with Crippen LogP contribution in [0, 0.1) is 54.6 Å². The van der Waals surface area contributed by atoms with Crippen molar-refractivity contribution in [1.29, 1.82) is 5.86 Å². The number of ether oxygens (including phenoxy) is 2. The molecule has 39 heteroatoms. The molecule has 3 radical (unpaired) electrons. The van der Waals surface area contributed by atoms with Gasteiger partial charge < -0.3 is 87.6 Å². The van der Waals surface area contributed by atoms with E-state index in [9.17, 15) is 49.0 Å². The molecule has 0 saturated carbocycles. The van der Waals surface area contributed by atoms with Crippen molar-refractivity contribution in [1.82, 2.24) is 46.8 Å². The molecule has 0 spiro atoms. The fourth-order valence-electron chi connectivity index (χ4n) is 14.6. The van der Waals surface area contributed by atoms with Crippen LogP contribution in [0.5, 0.6) is 0 Å². The Morgan fingerprint density at radius 2 is 0.912 bits per heavy atom. The Labute approximate surface area is 850 Å². The van der Waals surface area contributed by atoms with E-state index in [1.165, 1.54) is 44.1 Å². The van der Waals surface area contributed by atoms with Crippen LogP contribution in [0.25, 0.3) is 11.0 Å². The molecule has 6 amide bonds. The number of alkyl carbamates (subject to hydrolysis) is 2. The molecule has 0 aliphatic carbocycles. The number of amides is 6. The van der Waals surface area contributed by atoms with Crippen LogP contribution in [0.2, 0.25) is 25.1 Å². The smallest absolute Gasteiger partial charge is 0 e. The van der Waals surface area contributed by atoms with E-state index in [-0.39, 0.29) is 96.7 Å². The number of alkyl halides is 1. The van der Waals surface area contributed by atoms with E-state index in [1.807, 2.05) is 89.6 Å². The molecule has 11 rings (SSSR count). The topological polar surface area (TPSA) is 405 Å². The summed E-state index contributed by atoms with van der Waals surface area (Å²) in [6.07, 6.45) is 12.1. The minimum Gasteiger partial charge on any atom is 0 e. The predicted octanol–water partition coefficient (Wildman–Crippen LogP) is 17.8. The van der Waals surface area contributed by atoms with E-state index < -0.39 is 39.1 Å². The van der Waals surface area contributed by atoms with Crippen LogP contribution >= 0.6 is 69.8 Å². The average molecular weight is 2120 g/mol. The van der Waals surface area contributed by atoms with Gasteiger partial charge in [0.2, 0.25) is 0 Å². The summed E-state index contributed by atoms with van der Waals surface area (Å²) in [7, 11) is 7.03. The van der Waals surface area contributed by atoms with Crippen molar-refractivity contribution in [2.45, 2.75) is 217 Å². The summed E-state index contributed by atoms with van der Waals surface area (Å²) >= 11 is 32.2. The summed E-state index contributed by atoms with van der Waals surface area (Å²) in [6.45, 7) is 38.6. The molecule has 1 aromatic heterocycles. The largest absolute Gasteiger partial charge is 0 e. The van der Waals surface area contributed by atoms with Crippen molar-refractivity contribution >= 4 is 176 Å². The van der Waals surface area contributed by atoms with Gasteiger partial charge in [-0.3, -0.25) is 39.4 Å². The van der Waals surface area contributed by atoms with Gasteiger partial charge in [-0.1, -0.05) is 133 Å². The first-order valence-corrected chi connectivity index (χ1v) is 50.6. The summed E-state index contributed by atoms with van der Waals surface area (Å²) < 4.78 is 18.8. The van der Waals surface area contributed by atoms with Gasteiger partial charge in [-0.05, 0) is 232 Å². The quantitative estimate of drug-likeness (QED) is 0.00333. The number of nitriles is 1. The van der Waals surface area contributed by atoms with Gasteiger partial charge in [0.05, 0.1) is 96.6 Å². The van der Waals surface area contributed by atoms with Crippen molar-refractivity contribution in [2.24, 2.45) is 30.7 Å². The van der Waals surface area contributed by atoms with Gasteiger partial charge in [0, 0.05) is 139 Å². The third-order valence-electron chi connectivity index (χ3n) is 22.3. The number of aryl methyl sites for hydroxylation is 1. The van der Waals surface area contributed by atoms with E-state index in [0.717, 1.165) is 178 Å². The standard InChI is InChI=1S/C31H41Cl2N5O3.C17H26N4O3.C17H28N4O.C13H14Cl2N2O2S.C11H14ClN3O3.C6H13N.CH4I.CH4.B/c1-7-12-34-29(39)22-15-24-26(17-25(22)38-13-10-19(2)11-14-38)37(6)27(36-24)16-21-23(32)9-8-20(28(21)33)18-35-30(40)41-31(3,4)5;1-4-7-19-17(22)13-10-16(21(23)24)14(18-3)11-15(13)20-8-5-12(2)6-9-20;1-4-7-20-17(22)13-10-14(18)15(19-3)11-16(13)21-8-5-12(2)6-9-21;1-13(2,3)19-12(18)17-6-8-4-5-9(14)11(10(8)15)20-7-16;1-3-4-14-11(16)7-5-10(15(17)18)9(13-2)6-8(7)12;1-6-2-4-7-5-3-6;1-2;;/h8-9,15,17,19H,7,10-14,16,18H2,1-6H3,(H,34,39)(H,35,40);10-12,18H,4-9H2,1-3H3,(H,19,22);10-12,19H,4-9,18H2,1-3H3,(H,20,22);4-5H,6H2,1-3H3,(H,17,18);5-6,13H,3-4H2,1-2H3,(H,14,16);6-7H,2-5H2,1H3;2H,1H3;1H4;/q;;;;;;-1;;/i;;;;;;2D;;. The molecule has 751 valence electrons. The molecular weight excluding hydrogens is 1970 g/mol. The van der Waals surface area contributed by atoms with Gasteiger partial charge in [0.15, 0.2) is 0 Å². The number of nitrogens with two attached hydrogens (primary N) is 1. The number of thiocyanates is 1. The van der Waals surface area contributed by atoms with Crippen LogP contribution in [-0.2, 0) is 36.0 Å². The van der Waals surface area contributed by atoms with Crippen LogP contribution in [0.1, 0.15) is 245 Å². The number of hydrogen-bond donors (Lipinski definition) is 11. The van der Waals surface area contributed by atoms with Crippen LogP contribution in [0.3, 0.4) is 0 Å².